The number of hydrogen-bond acceptors (Lipinski definition) is 5. The van der Waals surface area contributed by atoms with Gasteiger partial charge in [0.25, 0.3) is 0 Å². The first-order chi connectivity index (χ1) is 16.9. The first-order valence-corrected chi connectivity index (χ1v) is 16.2. The number of rotatable bonds is 6. The number of alkyl halides is 2. The van der Waals surface area contributed by atoms with Crippen molar-refractivity contribution < 1.29 is 14.0 Å². The van der Waals surface area contributed by atoms with Gasteiger partial charge < -0.3 is 0 Å². The minimum absolute atomic E-state index is 0.0949. The molecule has 3 aromatic rings. The number of carbonyl (C=O) groups excluding carboxylic acids is 2. The Morgan fingerprint density at radius 2 is 1.83 bits per heavy atom. The molecule has 2 aliphatic heterocycles. The number of likely N-dealkylation sites (N-methyl/N-ethyl adjacent to an activating group) is 1. The number of carbonyl (C=O) groups is 2. The van der Waals surface area contributed by atoms with Gasteiger partial charge in [-0.3, -0.25) is 0 Å². The Morgan fingerprint density at radius 1 is 1.03 bits per heavy atom. The van der Waals surface area contributed by atoms with E-state index in [2.05, 4.69) is 43.2 Å². The Morgan fingerprint density at radius 3 is 2.49 bits per heavy atom. The van der Waals surface area contributed by atoms with Crippen LogP contribution >= 0.6 is 42.4 Å². The number of nitrogens with zero attached hydrogens (tertiary/aromatic N) is 3. The summed E-state index contributed by atoms with van der Waals surface area (Å²) in [7, 11) is 1.90. The second-order valence-corrected chi connectivity index (χ2v) is 15.4. The van der Waals surface area contributed by atoms with Crippen molar-refractivity contribution in [2.24, 2.45) is 4.99 Å². The summed E-state index contributed by atoms with van der Waals surface area (Å²) < 4.78 is 19.5. The molecule has 0 radical (unpaired) electrons. The number of nitrogens with one attached hydrogen (secondary N) is 2. The van der Waals surface area contributed by atoms with Gasteiger partial charge in [0.2, 0.25) is 0 Å². The molecule has 2 N–H and O–H groups in total. The van der Waals surface area contributed by atoms with Crippen molar-refractivity contribution in [2.45, 2.75) is 0 Å². The van der Waals surface area contributed by atoms with Gasteiger partial charge in [0.1, 0.15) is 0 Å². The van der Waals surface area contributed by atoms with Gasteiger partial charge in [0.15, 0.2) is 0 Å². The average molecular weight is 697 g/mol. The fraction of sp³-hybridized carbons (Fsp3) is 0.200. The Bertz CT molecular complexity index is 1340. The fourth-order valence-corrected chi connectivity index (χ4v) is 8.32. The van der Waals surface area contributed by atoms with E-state index >= 15 is 0 Å². The van der Waals surface area contributed by atoms with Crippen LogP contribution in [0.2, 0.25) is 0 Å². The molecule has 1 fully saturated rings. The Kier molecular flexibility index (Phi) is 7.00. The molecule has 3 heterocycles. The zero-order chi connectivity index (χ0) is 24.5. The van der Waals surface area contributed by atoms with E-state index in [0.717, 1.165) is 10.1 Å². The van der Waals surface area contributed by atoms with Gasteiger partial charge in [-0.05, 0) is 0 Å². The van der Waals surface area contributed by atoms with Crippen LogP contribution in [0.5, 0.6) is 0 Å². The van der Waals surface area contributed by atoms with Gasteiger partial charge in [-0.25, -0.2) is 0 Å². The van der Waals surface area contributed by atoms with Gasteiger partial charge in [-0.1, -0.05) is 0 Å². The summed E-state index contributed by atoms with van der Waals surface area (Å²) in [6, 6.07) is 13.6. The Hall–Kier alpha value is -2.61. The van der Waals surface area contributed by atoms with E-state index in [9.17, 15) is 14.0 Å². The third-order valence-electron chi connectivity index (χ3n) is 5.66. The topological polar surface area (TPSA) is 86.7 Å². The predicted octanol–water partition coefficient (Wildman–Crippen LogP) is 4.71. The zero-order valence-electron chi connectivity index (χ0n) is 18.8. The van der Waals surface area contributed by atoms with E-state index in [-0.39, 0.29) is 11.5 Å². The molecule has 1 aromatic heterocycles. The standard InChI is InChI=1S/C25H22FI2N5O2/c1-33-11-10-29-23(33)15-2-5-18(20(26)12-15)24(34)31-21-6-4-17(28-8-9-28)13-19(21)25(35)32-22-7-3-16(27)14-30-22/h2-7,12-14H,8-11H2,1H3,(H,31,34)(H,30,32,35). The quantitative estimate of drug-likeness (QED) is 0.289. The van der Waals surface area contributed by atoms with Crippen molar-refractivity contribution in [2.75, 3.05) is 39.6 Å². The molecule has 35 heavy (non-hydrogen) atoms. The van der Waals surface area contributed by atoms with E-state index in [1.165, 1.54) is 24.6 Å². The van der Waals surface area contributed by atoms with Crippen molar-refractivity contribution in [3.63, 3.8) is 0 Å². The summed E-state index contributed by atoms with van der Waals surface area (Å²) in [6.07, 6.45) is 1.66. The molecule has 1 saturated heterocycles. The van der Waals surface area contributed by atoms with E-state index in [0.29, 0.717) is 35.0 Å². The molecule has 10 heteroatoms. The molecule has 0 aliphatic carbocycles. The van der Waals surface area contributed by atoms with Crippen molar-refractivity contribution in [1.29, 1.82) is 0 Å². The number of amides is 2. The summed E-state index contributed by atoms with van der Waals surface area (Å²) in [6.45, 7) is 1.44. The van der Waals surface area contributed by atoms with Gasteiger partial charge in [0, 0.05) is 13.6 Å². The summed E-state index contributed by atoms with van der Waals surface area (Å²) in [5, 5.41) is 5.54. The van der Waals surface area contributed by atoms with Crippen LogP contribution in [0.15, 0.2) is 59.7 Å². The Labute approximate surface area is 223 Å². The summed E-state index contributed by atoms with van der Waals surface area (Å²) in [5.74, 6) is -0.494. The normalized spacial score (nSPS) is 15.6. The van der Waals surface area contributed by atoms with Crippen molar-refractivity contribution in [1.82, 2.24) is 9.88 Å². The van der Waals surface area contributed by atoms with Crippen LogP contribution in [0, 0.1) is 13.0 Å². The van der Waals surface area contributed by atoms with Crippen LogP contribution in [0.3, 0.4) is 0 Å². The van der Waals surface area contributed by atoms with Crippen molar-refractivity contribution >= 4 is 71.6 Å². The molecule has 0 saturated carbocycles. The van der Waals surface area contributed by atoms with E-state index < -0.39 is 31.5 Å². The van der Waals surface area contributed by atoms with Crippen molar-refractivity contribution in [3.05, 3.63) is 84.4 Å². The first kappa shape index (κ1) is 24.1. The molecule has 5 rings (SSSR count). The van der Waals surface area contributed by atoms with Crippen LogP contribution in [-0.4, -0.2) is 56.5 Å². The second kappa shape index (κ2) is 10.2. The maximum atomic E-state index is 14.9. The molecule has 2 aliphatic rings. The second-order valence-electron chi connectivity index (χ2n) is 8.12. The average Bonchev–Trinajstić information content (AvgIpc) is 3.61. The SMILES string of the molecule is CN1CCN=C1c1ccc(C(=O)Nc2ccc(I3CC3)cc2C(=O)Nc2ccc(I)cn2)c(F)c1. The number of aromatic nitrogens is 1. The number of pyridine rings is 1. The molecule has 0 atom stereocenters. The maximum absolute atomic E-state index is 14.9. The molecule has 180 valence electrons. The number of amidine groups is 1. The number of benzene rings is 2. The molecule has 2 amide bonds. The number of halogens is 3. The molecule has 0 bridgehead atoms. The van der Waals surface area contributed by atoms with Crippen LogP contribution in [0.4, 0.5) is 15.9 Å². The van der Waals surface area contributed by atoms with E-state index in [4.69, 9.17) is 0 Å². The molecule has 0 unspecified atom stereocenters. The molecule has 2 aromatic carbocycles. The van der Waals surface area contributed by atoms with Crippen LogP contribution in [0.25, 0.3) is 0 Å². The van der Waals surface area contributed by atoms with Gasteiger partial charge in [0.05, 0.1) is 6.54 Å². The van der Waals surface area contributed by atoms with Crippen molar-refractivity contribution in [3.8, 4) is 0 Å². The number of aliphatic imine (C=N–C) groups is 1. The monoisotopic (exact) mass is 697 g/mol. The number of anilines is 2. The first-order valence-electron chi connectivity index (χ1n) is 10.9. The van der Waals surface area contributed by atoms with E-state index in [1.54, 1.807) is 24.4 Å². The van der Waals surface area contributed by atoms with E-state index in [1.807, 2.05) is 30.1 Å². The van der Waals surface area contributed by atoms with Gasteiger partial charge in [-0.15, -0.1) is 0 Å². The van der Waals surface area contributed by atoms with Crippen LogP contribution < -0.4 is 10.6 Å². The van der Waals surface area contributed by atoms with Gasteiger partial charge >= 0.3 is 204 Å². The third kappa shape index (κ3) is 5.47. The van der Waals surface area contributed by atoms with Crippen LogP contribution in [0.1, 0.15) is 26.3 Å². The molecular weight excluding hydrogens is 675 g/mol. The van der Waals surface area contributed by atoms with Gasteiger partial charge in [-0.2, -0.15) is 0 Å². The minimum atomic E-state index is -1.15. The van der Waals surface area contributed by atoms with Crippen LogP contribution in [-0.2, 0) is 0 Å². The predicted molar refractivity (Wildman–Crippen MR) is 152 cm³/mol. The summed E-state index contributed by atoms with van der Waals surface area (Å²) in [5.41, 5.74) is 1.22. The Balaban J connectivity index is 1.39. The third-order valence-corrected chi connectivity index (χ3v) is 10.9. The molecular formula is C25H22FI2N5O2. The summed E-state index contributed by atoms with van der Waals surface area (Å²) in [4.78, 5) is 36.7. The molecule has 7 nitrogen and oxygen atoms in total. The number of hydrogen-bond donors (Lipinski definition) is 2. The molecule has 0 spiro atoms. The fourth-order valence-electron chi connectivity index (χ4n) is 3.74. The zero-order valence-corrected chi connectivity index (χ0v) is 23.1. The summed E-state index contributed by atoms with van der Waals surface area (Å²) >= 11 is 0.995.